The van der Waals surface area contributed by atoms with Crippen molar-refractivity contribution in [1.82, 2.24) is 19.9 Å². The quantitative estimate of drug-likeness (QED) is 0.643. The summed E-state index contributed by atoms with van der Waals surface area (Å²) in [4.78, 5) is 28.4. The highest BCUT2D eigenvalue weighted by Crippen LogP contribution is 2.26. The Morgan fingerprint density at radius 2 is 1.81 bits per heavy atom. The second kappa shape index (κ2) is 8.86. The molecule has 4 N–H and O–H groups in total. The Morgan fingerprint density at radius 3 is 2.48 bits per heavy atom. The first-order valence-electron chi connectivity index (χ1n) is 10.1. The number of aromatic nitrogens is 3. The number of carbonyl (C=O) groups excluding carboxylic acids is 1. The van der Waals surface area contributed by atoms with E-state index < -0.39 is 0 Å². The smallest absolute Gasteiger partial charge is 0.258 e. The van der Waals surface area contributed by atoms with Crippen molar-refractivity contribution in [3.05, 3.63) is 54.4 Å². The SMILES string of the molecule is CC(=O)N1CCN(c2ccc(-c3cnc(N)c(OCc4ccnc(N)c4)n3)cc2)CC1. The molecule has 0 radical (unpaired) electrons. The molecular formula is C22H25N7O2. The monoisotopic (exact) mass is 419 g/mol. The van der Waals surface area contributed by atoms with Gasteiger partial charge in [-0.1, -0.05) is 12.1 Å². The van der Waals surface area contributed by atoms with Crippen LogP contribution in [0.25, 0.3) is 11.3 Å². The predicted octanol–water partition coefficient (Wildman–Crippen LogP) is 1.95. The Balaban J connectivity index is 1.44. The zero-order valence-corrected chi connectivity index (χ0v) is 17.4. The van der Waals surface area contributed by atoms with Gasteiger partial charge in [-0.3, -0.25) is 4.79 Å². The third-order valence-corrected chi connectivity index (χ3v) is 5.24. The second-order valence-corrected chi connectivity index (χ2v) is 7.36. The molecule has 4 rings (SSSR count). The van der Waals surface area contributed by atoms with Crippen molar-refractivity contribution in [2.45, 2.75) is 13.5 Å². The Bertz CT molecular complexity index is 1060. The van der Waals surface area contributed by atoms with Crippen LogP contribution < -0.4 is 21.1 Å². The van der Waals surface area contributed by atoms with E-state index in [0.717, 1.165) is 43.0 Å². The molecule has 3 heterocycles. The zero-order chi connectivity index (χ0) is 21.8. The van der Waals surface area contributed by atoms with Crippen LogP contribution in [0.2, 0.25) is 0 Å². The predicted molar refractivity (Wildman–Crippen MR) is 119 cm³/mol. The number of nitrogen functional groups attached to an aromatic ring is 2. The Hall–Kier alpha value is -3.88. The molecule has 0 bridgehead atoms. The van der Waals surface area contributed by atoms with Crippen molar-refractivity contribution in [1.29, 1.82) is 0 Å². The van der Waals surface area contributed by atoms with Gasteiger partial charge < -0.3 is 26.0 Å². The highest BCUT2D eigenvalue weighted by atomic mass is 16.5. The third kappa shape index (κ3) is 4.82. The molecule has 2 aromatic heterocycles. The van der Waals surface area contributed by atoms with Crippen LogP contribution >= 0.6 is 0 Å². The minimum atomic E-state index is 0.127. The molecule has 1 saturated heterocycles. The summed E-state index contributed by atoms with van der Waals surface area (Å²) in [5.41, 5.74) is 15.2. The van der Waals surface area contributed by atoms with Gasteiger partial charge in [0, 0.05) is 50.6 Å². The number of hydrogen-bond acceptors (Lipinski definition) is 8. The fraction of sp³-hybridized carbons (Fsp3) is 0.273. The molecule has 1 fully saturated rings. The molecule has 0 saturated carbocycles. The number of amides is 1. The van der Waals surface area contributed by atoms with Crippen LogP contribution in [-0.2, 0) is 11.4 Å². The standard InChI is InChI=1S/C22H25N7O2/c1-15(30)28-8-10-29(11-9-28)18-4-2-17(3-5-18)19-13-26-21(24)22(27-19)31-14-16-6-7-25-20(23)12-16/h2-7,12-13H,8-11,14H2,1H3,(H2,23,25)(H2,24,26). The van der Waals surface area contributed by atoms with Crippen LogP contribution in [0, 0.1) is 0 Å². The molecule has 1 aromatic carbocycles. The molecule has 9 nitrogen and oxygen atoms in total. The van der Waals surface area contributed by atoms with E-state index in [1.807, 2.05) is 23.1 Å². The van der Waals surface area contributed by atoms with Crippen LogP contribution in [0.4, 0.5) is 17.3 Å². The van der Waals surface area contributed by atoms with Gasteiger partial charge in [-0.15, -0.1) is 0 Å². The molecule has 0 unspecified atom stereocenters. The number of piperazine rings is 1. The van der Waals surface area contributed by atoms with Crippen molar-refractivity contribution in [2.75, 3.05) is 42.5 Å². The summed E-state index contributed by atoms with van der Waals surface area (Å²) in [6.07, 6.45) is 3.26. The van der Waals surface area contributed by atoms with E-state index >= 15 is 0 Å². The number of benzene rings is 1. The number of pyridine rings is 1. The number of rotatable bonds is 5. The van der Waals surface area contributed by atoms with Gasteiger partial charge >= 0.3 is 0 Å². The topological polar surface area (TPSA) is 123 Å². The average Bonchev–Trinajstić information content (AvgIpc) is 2.79. The van der Waals surface area contributed by atoms with Gasteiger partial charge in [0.15, 0.2) is 5.82 Å². The minimum Gasteiger partial charge on any atom is -0.470 e. The lowest BCUT2D eigenvalue weighted by Crippen LogP contribution is -2.48. The lowest BCUT2D eigenvalue weighted by molar-refractivity contribution is -0.129. The summed E-state index contributed by atoms with van der Waals surface area (Å²) in [6, 6.07) is 11.7. The number of hydrogen-bond donors (Lipinski definition) is 2. The normalized spacial score (nSPS) is 13.8. The van der Waals surface area contributed by atoms with Crippen molar-refractivity contribution < 1.29 is 9.53 Å². The van der Waals surface area contributed by atoms with E-state index in [0.29, 0.717) is 11.5 Å². The first-order valence-corrected chi connectivity index (χ1v) is 10.1. The molecule has 0 spiro atoms. The number of ether oxygens (including phenoxy) is 1. The Morgan fingerprint density at radius 1 is 1.06 bits per heavy atom. The van der Waals surface area contributed by atoms with Gasteiger partial charge in [-0.25, -0.2) is 15.0 Å². The molecule has 0 aliphatic carbocycles. The van der Waals surface area contributed by atoms with Gasteiger partial charge in [0.1, 0.15) is 12.4 Å². The second-order valence-electron chi connectivity index (χ2n) is 7.36. The number of carbonyl (C=O) groups is 1. The summed E-state index contributed by atoms with van der Waals surface area (Å²) in [5.74, 6) is 1.06. The van der Waals surface area contributed by atoms with Gasteiger partial charge in [0.05, 0.1) is 11.9 Å². The lowest BCUT2D eigenvalue weighted by Gasteiger charge is -2.35. The summed E-state index contributed by atoms with van der Waals surface area (Å²) in [6.45, 7) is 4.99. The average molecular weight is 419 g/mol. The van der Waals surface area contributed by atoms with Crippen molar-refractivity contribution in [2.24, 2.45) is 0 Å². The van der Waals surface area contributed by atoms with E-state index in [4.69, 9.17) is 16.2 Å². The largest absolute Gasteiger partial charge is 0.470 e. The molecule has 31 heavy (non-hydrogen) atoms. The van der Waals surface area contributed by atoms with Crippen LogP contribution in [0.15, 0.2) is 48.8 Å². The number of nitrogens with zero attached hydrogens (tertiary/aromatic N) is 5. The molecule has 1 aliphatic rings. The maximum Gasteiger partial charge on any atom is 0.258 e. The van der Waals surface area contributed by atoms with Crippen LogP contribution in [0.3, 0.4) is 0 Å². The molecular weight excluding hydrogens is 394 g/mol. The highest BCUT2D eigenvalue weighted by Gasteiger charge is 2.19. The van der Waals surface area contributed by atoms with E-state index in [-0.39, 0.29) is 24.2 Å². The van der Waals surface area contributed by atoms with Gasteiger partial charge in [-0.2, -0.15) is 0 Å². The van der Waals surface area contributed by atoms with Crippen LogP contribution in [0.1, 0.15) is 12.5 Å². The zero-order valence-electron chi connectivity index (χ0n) is 17.4. The molecule has 0 atom stereocenters. The Labute approximate surface area is 180 Å². The van der Waals surface area contributed by atoms with Crippen molar-refractivity contribution >= 4 is 23.2 Å². The van der Waals surface area contributed by atoms with E-state index in [9.17, 15) is 4.79 Å². The van der Waals surface area contributed by atoms with Crippen LogP contribution in [0.5, 0.6) is 5.88 Å². The minimum absolute atomic E-state index is 0.127. The number of nitrogens with two attached hydrogens (primary N) is 2. The van der Waals surface area contributed by atoms with Crippen molar-refractivity contribution in [3.8, 4) is 17.1 Å². The van der Waals surface area contributed by atoms with E-state index in [1.165, 1.54) is 0 Å². The molecule has 3 aromatic rings. The highest BCUT2D eigenvalue weighted by molar-refractivity contribution is 5.73. The molecule has 160 valence electrons. The van der Waals surface area contributed by atoms with E-state index in [1.54, 1.807) is 25.4 Å². The maximum absolute atomic E-state index is 11.5. The fourth-order valence-corrected chi connectivity index (χ4v) is 3.49. The Kier molecular flexibility index (Phi) is 5.83. The maximum atomic E-state index is 11.5. The van der Waals surface area contributed by atoms with Gasteiger partial charge in [0.25, 0.3) is 5.88 Å². The van der Waals surface area contributed by atoms with Crippen molar-refractivity contribution in [3.63, 3.8) is 0 Å². The molecule has 1 amide bonds. The van der Waals surface area contributed by atoms with Gasteiger partial charge in [-0.05, 0) is 29.8 Å². The summed E-state index contributed by atoms with van der Waals surface area (Å²) in [5, 5.41) is 0. The summed E-state index contributed by atoms with van der Waals surface area (Å²) in [7, 11) is 0. The molecule has 1 aliphatic heterocycles. The first-order chi connectivity index (χ1) is 15.0. The van der Waals surface area contributed by atoms with Gasteiger partial charge in [0.2, 0.25) is 5.91 Å². The third-order valence-electron chi connectivity index (χ3n) is 5.24. The fourth-order valence-electron chi connectivity index (χ4n) is 3.49. The summed E-state index contributed by atoms with van der Waals surface area (Å²) >= 11 is 0. The number of anilines is 3. The molecule has 9 heteroatoms. The van der Waals surface area contributed by atoms with Crippen LogP contribution in [-0.4, -0.2) is 51.9 Å². The first kappa shape index (κ1) is 20.4. The summed E-state index contributed by atoms with van der Waals surface area (Å²) < 4.78 is 5.77. The lowest BCUT2D eigenvalue weighted by atomic mass is 10.1. The van der Waals surface area contributed by atoms with E-state index in [2.05, 4.69) is 32.0 Å².